The summed E-state index contributed by atoms with van der Waals surface area (Å²) in [5.41, 5.74) is 2.43. The molecule has 0 amide bonds. The van der Waals surface area contributed by atoms with Crippen molar-refractivity contribution in [3.63, 3.8) is 0 Å². The Balaban J connectivity index is 1.59. The summed E-state index contributed by atoms with van der Waals surface area (Å²) in [5.74, 6) is 0.671. The maximum absolute atomic E-state index is 12.6. The maximum atomic E-state index is 12.6. The zero-order chi connectivity index (χ0) is 19.3. The Morgan fingerprint density at radius 2 is 1.67 bits per heavy atom. The molecule has 1 aromatic heterocycles. The molecule has 1 aromatic carbocycles. The lowest BCUT2D eigenvalue weighted by atomic mass is 10.1. The molecule has 0 radical (unpaired) electrons. The number of anilines is 1. The van der Waals surface area contributed by atoms with Crippen LogP contribution in [0.5, 0.6) is 0 Å². The van der Waals surface area contributed by atoms with E-state index >= 15 is 0 Å². The van der Waals surface area contributed by atoms with Gasteiger partial charge < -0.3 is 10.2 Å². The van der Waals surface area contributed by atoms with Gasteiger partial charge in [-0.2, -0.15) is 4.31 Å². The Morgan fingerprint density at radius 1 is 1.00 bits per heavy atom. The van der Waals surface area contributed by atoms with E-state index in [1.165, 1.54) is 11.8 Å². The van der Waals surface area contributed by atoms with Crippen molar-refractivity contribution in [2.75, 3.05) is 32.5 Å². The Kier molecular flexibility index (Phi) is 6.46. The molecule has 6 nitrogen and oxygen atoms in total. The summed E-state index contributed by atoms with van der Waals surface area (Å²) >= 11 is 0. The standard InChI is InChI=1S/C20H28N4O2S/c1-23(2)16-18-8-6-17(7-9-18)14-21-20-11-10-19(15-22-20)27(25,26)24-12-4-3-5-13-24/h6-11,15H,3-5,12-14,16H2,1-2H3,(H,21,22). The second-order valence-electron chi connectivity index (χ2n) is 7.25. The molecule has 1 aliphatic heterocycles. The van der Waals surface area contributed by atoms with Crippen LogP contribution in [0.2, 0.25) is 0 Å². The monoisotopic (exact) mass is 388 g/mol. The number of pyridine rings is 1. The van der Waals surface area contributed by atoms with Crippen molar-refractivity contribution in [2.24, 2.45) is 0 Å². The molecule has 2 heterocycles. The normalized spacial score (nSPS) is 15.8. The van der Waals surface area contributed by atoms with E-state index in [0.717, 1.165) is 31.4 Å². The largest absolute Gasteiger partial charge is 0.366 e. The van der Waals surface area contributed by atoms with Crippen LogP contribution in [0.3, 0.4) is 0 Å². The molecule has 0 aliphatic carbocycles. The average Bonchev–Trinajstić information content (AvgIpc) is 2.68. The summed E-state index contributed by atoms with van der Waals surface area (Å²) in [5, 5.41) is 3.25. The lowest BCUT2D eigenvalue weighted by Crippen LogP contribution is -2.35. The van der Waals surface area contributed by atoms with E-state index in [-0.39, 0.29) is 4.90 Å². The quantitative estimate of drug-likeness (QED) is 0.790. The van der Waals surface area contributed by atoms with Crippen molar-refractivity contribution in [1.82, 2.24) is 14.2 Å². The van der Waals surface area contributed by atoms with E-state index in [1.54, 1.807) is 16.4 Å². The molecule has 0 atom stereocenters. The van der Waals surface area contributed by atoms with Crippen LogP contribution < -0.4 is 5.32 Å². The van der Waals surface area contributed by atoms with E-state index in [1.807, 2.05) is 0 Å². The molecule has 0 saturated carbocycles. The van der Waals surface area contributed by atoms with Gasteiger partial charge in [0, 0.05) is 32.4 Å². The first-order valence-corrected chi connectivity index (χ1v) is 10.8. The molecular formula is C20H28N4O2S. The number of aromatic nitrogens is 1. The highest BCUT2D eigenvalue weighted by molar-refractivity contribution is 7.89. The van der Waals surface area contributed by atoms with Crippen molar-refractivity contribution < 1.29 is 8.42 Å². The van der Waals surface area contributed by atoms with Crippen LogP contribution in [-0.4, -0.2) is 49.8 Å². The first kappa shape index (κ1) is 19.8. The molecular weight excluding hydrogens is 360 g/mol. The molecule has 1 aliphatic rings. The second kappa shape index (κ2) is 8.82. The number of hydrogen-bond donors (Lipinski definition) is 1. The molecule has 7 heteroatoms. The minimum Gasteiger partial charge on any atom is -0.366 e. The van der Waals surface area contributed by atoms with E-state index in [0.29, 0.717) is 25.5 Å². The molecule has 146 valence electrons. The SMILES string of the molecule is CN(C)Cc1ccc(CNc2ccc(S(=O)(=O)N3CCCCC3)cn2)cc1. The van der Waals surface area contributed by atoms with Gasteiger partial charge in [-0.3, -0.25) is 0 Å². The fourth-order valence-corrected chi connectivity index (χ4v) is 4.68. The number of piperidine rings is 1. The predicted octanol–water partition coefficient (Wildman–Crippen LogP) is 2.93. The predicted molar refractivity (Wildman–Crippen MR) is 108 cm³/mol. The van der Waals surface area contributed by atoms with Gasteiger partial charge in [-0.1, -0.05) is 30.7 Å². The molecule has 1 fully saturated rings. The summed E-state index contributed by atoms with van der Waals surface area (Å²) in [7, 11) is 0.682. The summed E-state index contributed by atoms with van der Waals surface area (Å²) < 4.78 is 26.9. The number of benzene rings is 1. The second-order valence-corrected chi connectivity index (χ2v) is 9.19. The summed E-state index contributed by atoms with van der Waals surface area (Å²) in [6, 6.07) is 11.8. The molecule has 0 unspecified atom stereocenters. The lowest BCUT2D eigenvalue weighted by molar-refractivity contribution is 0.346. The third kappa shape index (κ3) is 5.28. The fraction of sp³-hybridized carbons (Fsp3) is 0.450. The minimum absolute atomic E-state index is 0.267. The van der Waals surface area contributed by atoms with Crippen LogP contribution in [0.1, 0.15) is 30.4 Å². The third-order valence-corrected chi connectivity index (χ3v) is 6.57. The molecule has 27 heavy (non-hydrogen) atoms. The van der Waals surface area contributed by atoms with Crippen molar-refractivity contribution in [3.8, 4) is 0 Å². The van der Waals surface area contributed by atoms with E-state index in [2.05, 4.69) is 53.6 Å². The number of hydrogen-bond acceptors (Lipinski definition) is 5. The van der Waals surface area contributed by atoms with E-state index in [4.69, 9.17) is 0 Å². The summed E-state index contributed by atoms with van der Waals surface area (Å²) in [4.78, 5) is 6.69. The highest BCUT2D eigenvalue weighted by Crippen LogP contribution is 2.21. The van der Waals surface area contributed by atoms with Gasteiger partial charge >= 0.3 is 0 Å². The van der Waals surface area contributed by atoms with Crippen LogP contribution >= 0.6 is 0 Å². The number of nitrogens with zero attached hydrogens (tertiary/aromatic N) is 3. The summed E-state index contributed by atoms with van der Waals surface area (Å²) in [6.07, 6.45) is 4.41. The van der Waals surface area contributed by atoms with Gasteiger partial charge in [0.15, 0.2) is 0 Å². The van der Waals surface area contributed by atoms with Gasteiger partial charge in [0.25, 0.3) is 0 Å². The first-order chi connectivity index (χ1) is 12.9. The Labute approximate surface area is 162 Å². The molecule has 3 rings (SSSR count). The lowest BCUT2D eigenvalue weighted by Gasteiger charge is -2.25. The minimum atomic E-state index is -3.42. The van der Waals surface area contributed by atoms with Crippen molar-refractivity contribution in [3.05, 3.63) is 53.7 Å². The van der Waals surface area contributed by atoms with Crippen molar-refractivity contribution >= 4 is 15.8 Å². The van der Waals surface area contributed by atoms with Crippen LogP contribution in [0, 0.1) is 0 Å². The Morgan fingerprint density at radius 3 is 2.26 bits per heavy atom. The van der Waals surface area contributed by atoms with Gasteiger partial charge in [-0.25, -0.2) is 13.4 Å². The maximum Gasteiger partial charge on any atom is 0.244 e. The van der Waals surface area contributed by atoms with E-state index < -0.39 is 10.0 Å². The highest BCUT2D eigenvalue weighted by Gasteiger charge is 2.26. The molecule has 1 N–H and O–H groups in total. The van der Waals surface area contributed by atoms with Gasteiger partial charge in [0.1, 0.15) is 10.7 Å². The van der Waals surface area contributed by atoms with Crippen LogP contribution in [0.15, 0.2) is 47.5 Å². The topological polar surface area (TPSA) is 65.5 Å². The van der Waals surface area contributed by atoms with Gasteiger partial charge in [0.05, 0.1) is 0 Å². The Bertz CT molecular complexity index is 827. The van der Waals surface area contributed by atoms with Crippen molar-refractivity contribution in [2.45, 2.75) is 37.2 Å². The number of sulfonamides is 1. The zero-order valence-corrected chi connectivity index (χ0v) is 16.9. The van der Waals surface area contributed by atoms with Crippen LogP contribution in [0.4, 0.5) is 5.82 Å². The Hall–Kier alpha value is -1.96. The van der Waals surface area contributed by atoms with Crippen molar-refractivity contribution in [1.29, 1.82) is 0 Å². The van der Waals surface area contributed by atoms with Crippen LogP contribution in [-0.2, 0) is 23.1 Å². The van der Waals surface area contributed by atoms with Gasteiger partial charge in [-0.05, 0) is 50.2 Å². The zero-order valence-electron chi connectivity index (χ0n) is 16.1. The highest BCUT2D eigenvalue weighted by atomic mass is 32.2. The fourth-order valence-electron chi connectivity index (χ4n) is 3.21. The third-order valence-electron chi connectivity index (χ3n) is 4.68. The average molecular weight is 389 g/mol. The first-order valence-electron chi connectivity index (χ1n) is 9.38. The smallest absolute Gasteiger partial charge is 0.244 e. The number of rotatable bonds is 7. The number of nitrogens with one attached hydrogen (secondary N) is 1. The van der Waals surface area contributed by atoms with Gasteiger partial charge in [0.2, 0.25) is 10.0 Å². The molecule has 1 saturated heterocycles. The molecule has 2 aromatic rings. The van der Waals surface area contributed by atoms with Crippen LogP contribution in [0.25, 0.3) is 0 Å². The van der Waals surface area contributed by atoms with Gasteiger partial charge in [-0.15, -0.1) is 0 Å². The molecule has 0 bridgehead atoms. The summed E-state index contributed by atoms with van der Waals surface area (Å²) in [6.45, 7) is 2.77. The van der Waals surface area contributed by atoms with E-state index in [9.17, 15) is 8.42 Å². The molecule has 0 spiro atoms.